The van der Waals surface area contributed by atoms with E-state index in [0.717, 1.165) is 72.4 Å². The van der Waals surface area contributed by atoms with Crippen molar-refractivity contribution >= 4 is 44.7 Å². The summed E-state index contributed by atoms with van der Waals surface area (Å²) in [6, 6.07) is 19.5. The Morgan fingerprint density at radius 2 is 1.14 bits per heavy atom. The van der Waals surface area contributed by atoms with Crippen LogP contribution >= 0.6 is 0 Å². The average molecular weight is 945 g/mol. The van der Waals surface area contributed by atoms with E-state index in [0.29, 0.717) is 60.5 Å². The predicted octanol–water partition coefficient (Wildman–Crippen LogP) is 11.2. The van der Waals surface area contributed by atoms with Crippen molar-refractivity contribution in [1.29, 1.82) is 0 Å². The number of hydrogen-bond acceptors (Lipinski definition) is 10. The molecule has 0 aliphatic heterocycles. The molecule has 70 heavy (non-hydrogen) atoms. The summed E-state index contributed by atoms with van der Waals surface area (Å²) in [4.78, 5) is 33.7. The summed E-state index contributed by atoms with van der Waals surface area (Å²) >= 11 is 0. The molecule has 0 radical (unpaired) electrons. The molecule has 8 aromatic heterocycles. The number of para-hydroxylation sites is 2. The summed E-state index contributed by atoms with van der Waals surface area (Å²) in [5.74, 6) is 1.06. The van der Waals surface area contributed by atoms with Crippen LogP contribution in [-0.4, -0.2) is 88.7 Å². The zero-order chi connectivity index (χ0) is 48.4. The molecule has 0 bridgehead atoms. The molecular weight excluding hydrogens is 887 g/mol. The lowest BCUT2D eigenvalue weighted by Crippen LogP contribution is -2.10. The van der Waals surface area contributed by atoms with Crippen molar-refractivity contribution in [1.82, 2.24) is 48.7 Å². The Hall–Kier alpha value is -7.56. The van der Waals surface area contributed by atoms with Crippen LogP contribution in [0.2, 0.25) is 0 Å². The van der Waals surface area contributed by atoms with Gasteiger partial charge in [0.05, 0.1) is 23.8 Å². The highest BCUT2D eigenvalue weighted by Gasteiger charge is 2.19. The number of rotatable bonds is 20. The Balaban J connectivity index is 0.000000174. The number of H-pyrrole nitrogens is 2. The van der Waals surface area contributed by atoms with Gasteiger partial charge < -0.3 is 30.1 Å². The van der Waals surface area contributed by atoms with Crippen molar-refractivity contribution in [2.45, 2.75) is 64.7 Å². The minimum atomic E-state index is -0.394. The second-order valence-corrected chi connectivity index (χ2v) is 17.5. The molecule has 10 rings (SSSR count). The molecule has 360 valence electrons. The maximum absolute atomic E-state index is 13.9. The average Bonchev–Trinajstić information content (AvgIpc) is 4.20. The number of nitrogens with one attached hydrogen (secondary N) is 4. The summed E-state index contributed by atoms with van der Waals surface area (Å²) in [5, 5.41) is 9.39. The molecule has 2 atom stereocenters. The maximum Gasteiger partial charge on any atom is 0.180 e. The number of nitrogens with zero attached hydrogens (tertiary/aromatic N) is 8. The van der Waals surface area contributed by atoms with E-state index < -0.39 is 11.6 Å². The molecule has 0 fully saturated rings. The van der Waals surface area contributed by atoms with E-state index in [4.69, 9.17) is 24.4 Å². The largest absolute Gasteiger partial charge is 0.385 e. The third-order valence-electron chi connectivity index (χ3n) is 12.7. The normalized spacial score (nSPS) is 12.4. The van der Waals surface area contributed by atoms with Gasteiger partial charge in [0.15, 0.2) is 22.9 Å². The number of fused-ring (bicyclic) bond motifs is 4. The molecule has 0 saturated carbocycles. The Bertz CT molecular complexity index is 3100. The Morgan fingerprint density at radius 3 is 1.63 bits per heavy atom. The number of halogens is 2. The van der Waals surface area contributed by atoms with E-state index in [1.165, 1.54) is 46.4 Å². The molecule has 0 aliphatic rings. The van der Waals surface area contributed by atoms with Gasteiger partial charge in [-0.3, -0.25) is 18.8 Å². The highest BCUT2D eigenvalue weighted by Crippen LogP contribution is 2.30. The van der Waals surface area contributed by atoms with Gasteiger partial charge in [-0.2, -0.15) is 0 Å². The van der Waals surface area contributed by atoms with Gasteiger partial charge in [0, 0.05) is 140 Å². The Kier molecular flexibility index (Phi) is 15.1. The SMILES string of the molecule is CCOCCC(C)c1cnc2c(NCCc3c[nH]c4ccccc34)nc(-c3cncc(F)c3)cn12.COCCCC(C)c1cnc2c(NCCc3c[nH]c4ccccc34)nc(-c3cncc(F)c3)cn12. The summed E-state index contributed by atoms with van der Waals surface area (Å²) in [6.07, 6.45) is 21.9. The van der Waals surface area contributed by atoms with Crippen LogP contribution in [0.1, 0.15) is 74.4 Å². The van der Waals surface area contributed by atoms with Crippen molar-refractivity contribution in [3.63, 3.8) is 0 Å². The van der Waals surface area contributed by atoms with Crippen LogP contribution in [0.5, 0.6) is 0 Å². The second-order valence-electron chi connectivity index (χ2n) is 17.5. The van der Waals surface area contributed by atoms with Crippen molar-refractivity contribution in [3.05, 3.63) is 157 Å². The minimum absolute atomic E-state index is 0.233. The van der Waals surface area contributed by atoms with Gasteiger partial charge in [-0.1, -0.05) is 50.2 Å². The number of methoxy groups -OCH3 is 1. The number of pyridine rings is 2. The van der Waals surface area contributed by atoms with Crippen molar-refractivity contribution in [2.24, 2.45) is 0 Å². The summed E-state index contributed by atoms with van der Waals surface area (Å²) in [5.41, 5.74) is 10.9. The van der Waals surface area contributed by atoms with Gasteiger partial charge in [0.1, 0.15) is 11.6 Å². The molecule has 0 saturated heterocycles. The number of ether oxygens (including phenoxy) is 2. The van der Waals surface area contributed by atoms with Gasteiger partial charge in [-0.15, -0.1) is 0 Å². The number of aromatic amines is 2. The molecule has 4 N–H and O–H groups in total. The van der Waals surface area contributed by atoms with Gasteiger partial charge in [-0.25, -0.2) is 28.7 Å². The van der Waals surface area contributed by atoms with E-state index >= 15 is 0 Å². The van der Waals surface area contributed by atoms with Gasteiger partial charge in [0.25, 0.3) is 0 Å². The monoisotopic (exact) mass is 944 g/mol. The fourth-order valence-electron chi connectivity index (χ4n) is 8.90. The number of imidazole rings is 2. The second kappa shape index (κ2) is 22.2. The molecule has 0 spiro atoms. The van der Waals surface area contributed by atoms with Crippen molar-refractivity contribution in [3.8, 4) is 22.5 Å². The summed E-state index contributed by atoms with van der Waals surface area (Å²) in [7, 11) is 1.72. The maximum atomic E-state index is 13.9. The van der Waals surface area contributed by atoms with E-state index in [1.54, 1.807) is 19.5 Å². The predicted molar refractivity (Wildman–Crippen MR) is 272 cm³/mol. The summed E-state index contributed by atoms with van der Waals surface area (Å²) < 4.78 is 42.8. The molecular formula is C54H58F2N12O2. The van der Waals surface area contributed by atoms with Crippen LogP contribution in [0.25, 0.3) is 55.6 Å². The highest BCUT2D eigenvalue weighted by atomic mass is 19.1. The first-order valence-electron chi connectivity index (χ1n) is 23.9. The molecule has 2 unspecified atom stereocenters. The number of anilines is 2. The lowest BCUT2D eigenvalue weighted by Gasteiger charge is -2.14. The van der Waals surface area contributed by atoms with Crippen LogP contribution in [0.3, 0.4) is 0 Å². The highest BCUT2D eigenvalue weighted by molar-refractivity contribution is 5.84. The van der Waals surface area contributed by atoms with Gasteiger partial charge in [0.2, 0.25) is 0 Å². The number of benzene rings is 2. The Labute approximate surface area is 405 Å². The van der Waals surface area contributed by atoms with Crippen LogP contribution in [0.4, 0.5) is 20.4 Å². The lowest BCUT2D eigenvalue weighted by atomic mass is 10.0. The fourth-order valence-corrected chi connectivity index (χ4v) is 8.90. The fraction of sp³-hybridized carbons (Fsp3) is 0.296. The number of hydrogen-bond donors (Lipinski definition) is 4. The van der Waals surface area contributed by atoms with Crippen LogP contribution in [0.15, 0.2) is 123 Å². The molecule has 0 amide bonds. The lowest BCUT2D eigenvalue weighted by molar-refractivity contribution is 0.140. The van der Waals surface area contributed by atoms with Crippen molar-refractivity contribution in [2.75, 3.05) is 50.7 Å². The van der Waals surface area contributed by atoms with Crippen LogP contribution < -0.4 is 10.6 Å². The van der Waals surface area contributed by atoms with Crippen LogP contribution in [0, 0.1) is 11.6 Å². The van der Waals surface area contributed by atoms with E-state index in [1.807, 2.05) is 49.9 Å². The smallest absolute Gasteiger partial charge is 0.180 e. The van der Waals surface area contributed by atoms with Crippen molar-refractivity contribution < 1.29 is 18.3 Å². The standard InChI is InChI=1S/2C27H29FN6O/c1-18(6-5-11-35-2)25-16-32-27-26(30-10-9-19-14-31-23-8-4-3-7-22(19)23)33-24(17-34(25)27)20-12-21(28)15-29-13-20;1-3-35-11-9-18(2)25-16-32-27-26(30-10-8-19-14-31-23-7-5-4-6-22(19)23)33-24(17-34(25)27)20-12-21(28)15-29-13-20/h3-4,7-8,12-18,31H,5-6,9-11H2,1-2H3,(H,30,33);4-7,12-18,31H,3,8-11H2,1-2H3,(H,30,33). The molecule has 2 aromatic carbocycles. The zero-order valence-electron chi connectivity index (χ0n) is 39.9. The third kappa shape index (κ3) is 10.8. The quantitative estimate of drug-likeness (QED) is 0.0542. The molecule has 8 heterocycles. The van der Waals surface area contributed by atoms with Crippen LogP contribution in [-0.2, 0) is 22.3 Å². The van der Waals surface area contributed by atoms with E-state index in [-0.39, 0.29) is 11.8 Å². The summed E-state index contributed by atoms with van der Waals surface area (Å²) in [6.45, 7) is 9.82. The molecule has 14 nitrogen and oxygen atoms in total. The first kappa shape index (κ1) is 47.5. The zero-order valence-corrected chi connectivity index (χ0v) is 39.9. The topological polar surface area (TPSA) is 160 Å². The van der Waals surface area contributed by atoms with E-state index in [9.17, 15) is 8.78 Å². The minimum Gasteiger partial charge on any atom is -0.385 e. The Morgan fingerprint density at radius 1 is 0.643 bits per heavy atom. The molecule has 0 aliphatic carbocycles. The molecule has 16 heteroatoms. The number of aromatic nitrogens is 10. The molecule has 10 aromatic rings. The third-order valence-corrected chi connectivity index (χ3v) is 12.7. The van der Waals surface area contributed by atoms with E-state index in [2.05, 4.69) is 101 Å². The first-order valence-corrected chi connectivity index (χ1v) is 23.9. The first-order chi connectivity index (χ1) is 34.3. The van der Waals surface area contributed by atoms with Gasteiger partial charge >= 0.3 is 0 Å². The van der Waals surface area contributed by atoms with Gasteiger partial charge in [-0.05, 0) is 80.3 Å².